The number of thiophene rings is 1. The summed E-state index contributed by atoms with van der Waals surface area (Å²) in [5, 5.41) is 2.01. The molecule has 1 amide bonds. The maximum atomic E-state index is 12.4. The summed E-state index contributed by atoms with van der Waals surface area (Å²) in [5.41, 5.74) is 2.22. The molecule has 6 heteroatoms. The smallest absolute Gasteiger partial charge is 0.246 e. The Balaban J connectivity index is 1.72. The van der Waals surface area contributed by atoms with Crippen LogP contribution < -0.4 is 4.90 Å². The first-order valence-electron chi connectivity index (χ1n) is 7.65. The van der Waals surface area contributed by atoms with Crippen LogP contribution in [0, 0.1) is 0 Å². The van der Waals surface area contributed by atoms with Crippen LogP contribution in [0.1, 0.15) is 16.1 Å². The van der Waals surface area contributed by atoms with E-state index in [1.807, 2.05) is 47.5 Å². The molecule has 1 aliphatic rings. The Labute approximate surface area is 140 Å². The predicted octanol–water partition coefficient (Wildman–Crippen LogP) is 2.24. The van der Waals surface area contributed by atoms with Crippen molar-refractivity contribution in [3.05, 3.63) is 46.1 Å². The second kappa shape index (κ2) is 6.91. The van der Waals surface area contributed by atoms with Gasteiger partial charge < -0.3 is 9.80 Å². The third kappa shape index (κ3) is 3.59. The van der Waals surface area contributed by atoms with E-state index in [4.69, 9.17) is 0 Å². The number of amides is 1. The maximum absolute atomic E-state index is 12.4. The fraction of sp³-hybridized carbons (Fsp3) is 0.353. The Kier molecular flexibility index (Phi) is 4.71. The number of aromatic nitrogens is 2. The summed E-state index contributed by atoms with van der Waals surface area (Å²) in [5.74, 6) is 1.02. The van der Waals surface area contributed by atoms with E-state index in [1.54, 1.807) is 23.7 Å². The van der Waals surface area contributed by atoms with Gasteiger partial charge in [-0.15, -0.1) is 11.3 Å². The SMILES string of the molecule is CN(C)c1ncnc2c1CCN(C(=O)/C=C/c1cccs1)CC2. The van der Waals surface area contributed by atoms with Crippen LogP contribution in [0.4, 0.5) is 5.82 Å². The summed E-state index contributed by atoms with van der Waals surface area (Å²) < 4.78 is 0. The maximum Gasteiger partial charge on any atom is 0.246 e. The van der Waals surface area contributed by atoms with Crippen LogP contribution in [0.25, 0.3) is 6.08 Å². The number of carbonyl (C=O) groups is 1. The van der Waals surface area contributed by atoms with Crippen LogP contribution in [0.2, 0.25) is 0 Å². The molecule has 3 heterocycles. The molecule has 0 spiro atoms. The molecule has 0 bridgehead atoms. The highest BCUT2D eigenvalue weighted by molar-refractivity contribution is 7.10. The average molecular weight is 328 g/mol. The number of anilines is 1. The van der Waals surface area contributed by atoms with E-state index in [1.165, 1.54) is 0 Å². The fourth-order valence-corrected chi connectivity index (χ4v) is 3.38. The van der Waals surface area contributed by atoms with Gasteiger partial charge in [0.05, 0.1) is 5.69 Å². The normalized spacial score (nSPS) is 14.6. The van der Waals surface area contributed by atoms with Gasteiger partial charge in [0.1, 0.15) is 12.1 Å². The highest BCUT2D eigenvalue weighted by Crippen LogP contribution is 2.22. The molecule has 3 rings (SSSR count). The number of carbonyl (C=O) groups excluding carboxylic acids is 1. The summed E-state index contributed by atoms with van der Waals surface area (Å²) in [6.07, 6.45) is 6.73. The van der Waals surface area contributed by atoms with E-state index in [0.29, 0.717) is 13.1 Å². The molecule has 2 aromatic heterocycles. The Bertz CT molecular complexity index is 709. The lowest BCUT2D eigenvalue weighted by Crippen LogP contribution is -2.31. The molecule has 1 aliphatic heterocycles. The lowest BCUT2D eigenvalue weighted by Gasteiger charge is -2.18. The van der Waals surface area contributed by atoms with Crippen molar-refractivity contribution in [1.82, 2.24) is 14.9 Å². The molecular weight excluding hydrogens is 308 g/mol. The summed E-state index contributed by atoms with van der Waals surface area (Å²) in [6, 6.07) is 3.99. The van der Waals surface area contributed by atoms with Crippen molar-refractivity contribution in [3.8, 4) is 0 Å². The lowest BCUT2D eigenvalue weighted by atomic mass is 10.1. The molecule has 0 radical (unpaired) electrons. The van der Waals surface area contributed by atoms with Crippen LogP contribution >= 0.6 is 11.3 Å². The second-order valence-corrected chi connectivity index (χ2v) is 6.67. The minimum absolute atomic E-state index is 0.0607. The molecule has 0 unspecified atom stereocenters. The van der Waals surface area contributed by atoms with Gasteiger partial charge >= 0.3 is 0 Å². The van der Waals surface area contributed by atoms with E-state index in [9.17, 15) is 4.79 Å². The van der Waals surface area contributed by atoms with E-state index in [-0.39, 0.29) is 5.91 Å². The van der Waals surface area contributed by atoms with E-state index >= 15 is 0 Å². The molecule has 5 nitrogen and oxygen atoms in total. The van der Waals surface area contributed by atoms with Crippen molar-refractivity contribution in [2.45, 2.75) is 12.8 Å². The third-order valence-electron chi connectivity index (χ3n) is 3.93. The summed E-state index contributed by atoms with van der Waals surface area (Å²) in [6.45, 7) is 1.40. The molecular formula is C17H20N4OS. The van der Waals surface area contributed by atoms with Crippen molar-refractivity contribution in [2.75, 3.05) is 32.1 Å². The quantitative estimate of drug-likeness (QED) is 0.811. The van der Waals surface area contributed by atoms with Gasteiger partial charge in [0, 0.05) is 50.1 Å². The molecule has 0 atom stereocenters. The molecule has 0 aliphatic carbocycles. The monoisotopic (exact) mass is 328 g/mol. The minimum Gasteiger partial charge on any atom is -0.362 e. The summed E-state index contributed by atoms with van der Waals surface area (Å²) >= 11 is 1.63. The fourth-order valence-electron chi connectivity index (χ4n) is 2.76. The Morgan fingerprint density at radius 2 is 2.13 bits per heavy atom. The molecule has 2 aromatic rings. The predicted molar refractivity (Wildman–Crippen MR) is 93.7 cm³/mol. The van der Waals surface area contributed by atoms with Gasteiger partial charge in [0.2, 0.25) is 5.91 Å². The number of rotatable bonds is 3. The first-order chi connectivity index (χ1) is 11.1. The molecule has 0 fully saturated rings. The van der Waals surface area contributed by atoms with E-state index in [0.717, 1.165) is 34.8 Å². The van der Waals surface area contributed by atoms with Gasteiger partial charge in [-0.1, -0.05) is 6.07 Å². The second-order valence-electron chi connectivity index (χ2n) is 5.69. The van der Waals surface area contributed by atoms with Crippen molar-refractivity contribution < 1.29 is 4.79 Å². The Morgan fingerprint density at radius 1 is 1.30 bits per heavy atom. The molecule has 0 N–H and O–H groups in total. The number of hydrogen-bond acceptors (Lipinski definition) is 5. The van der Waals surface area contributed by atoms with Gasteiger partial charge in [0.25, 0.3) is 0 Å². The first-order valence-corrected chi connectivity index (χ1v) is 8.53. The zero-order chi connectivity index (χ0) is 16.2. The zero-order valence-electron chi connectivity index (χ0n) is 13.4. The highest BCUT2D eigenvalue weighted by Gasteiger charge is 2.21. The van der Waals surface area contributed by atoms with Crippen LogP contribution in [0.15, 0.2) is 29.9 Å². The summed E-state index contributed by atoms with van der Waals surface area (Å²) in [4.78, 5) is 26.2. The molecule has 23 heavy (non-hydrogen) atoms. The van der Waals surface area contributed by atoms with Crippen LogP contribution in [-0.4, -0.2) is 48.0 Å². The Morgan fingerprint density at radius 3 is 2.87 bits per heavy atom. The van der Waals surface area contributed by atoms with E-state index < -0.39 is 0 Å². The van der Waals surface area contributed by atoms with Crippen LogP contribution in [0.5, 0.6) is 0 Å². The van der Waals surface area contributed by atoms with Gasteiger partial charge in [0.15, 0.2) is 0 Å². The molecule has 120 valence electrons. The summed E-state index contributed by atoms with van der Waals surface area (Å²) in [7, 11) is 3.97. The van der Waals surface area contributed by atoms with Crippen molar-refractivity contribution in [3.63, 3.8) is 0 Å². The Hall–Kier alpha value is -2.21. The van der Waals surface area contributed by atoms with Gasteiger partial charge in [-0.05, 0) is 23.9 Å². The largest absolute Gasteiger partial charge is 0.362 e. The molecule has 0 aromatic carbocycles. The molecule has 0 saturated heterocycles. The van der Waals surface area contributed by atoms with Gasteiger partial charge in [-0.3, -0.25) is 4.79 Å². The van der Waals surface area contributed by atoms with Crippen LogP contribution in [-0.2, 0) is 17.6 Å². The standard InChI is InChI=1S/C17H20N4OS/c1-20(2)17-14-7-9-21(10-8-15(14)18-12-19-17)16(22)6-5-13-4-3-11-23-13/h3-6,11-12H,7-10H2,1-2H3/b6-5+. The van der Waals surface area contributed by atoms with Crippen LogP contribution in [0.3, 0.4) is 0 Å². The topological polar surface area (TPSA) is 49.3 Å². The average Bonchev–Trinajstić information content (AvgIpc) is 2.97. The van der Waals surface area contributed by atoms with Gasteiger partial charge in [-0.2, -0.15) is 0 Å². The third-order valence-corrected chi connectivity index (χ3v) is 4.77. The number of nitrogens with zero attached hydrogens (tertiary/aromatic N) is 4. The van der Waals surface area contributed by atoms with Crippen molar-refractivity contribution >= 4 is 29.1 Å². The minimum atomic E-state index is 0.0607. The van der Waals surface area contributed by atoms with Crippen molar-refractivity contribution in [2.24, 2.45) is 0 Å². The zero-order valence-corrected chi connectivity index (χ0v) is 14.2. The number of fused-ring (bicyclic) bond motifs is 1. The first kappa shape index (κ1) is 15.7. The molecule has 0 saturated carbocycles. The number of hydrogen-bond donors (Lipinski definition) is 0. The van der Waals surface area contributed by atoms with E-state index in [2.05, 4.69) is 9.97 Å². The highest BCUT2D eigenvalue weighted by atomic mass is 32.1. The van der Waals surface area contributed by atoms with Gasteiger partial charge in [-0.25, -0.2) is 9.97 Å². The lowest BCUT2D eigenvalue weighted by molar-refractivity contribution is -0.125. The van der Waals surface area contributed by atoms with Crippen molar-refractivity contribution in [1.29, 1.82) is 0 Å².